The zero-order chi connectivity index (χ0) is 13.3. The number of rotatable bonds is 2. The normalized spacial score (nSPS) is 24.0. The second-order valence-electron chi connectivity index (χ2n) is 4.86. The van der Waals surface area contributed by atoms with Crippen molar-refractivity contribution in [2.75, 3.05) is 17.7 Å². The minimum atomic E-state index is -0.326. The molecule has 0 bridgehead atoms. The van der Waals surface area contributed by atoms with E-state index < -0.39 is 0 Å². The van der Waals surface area contributed by atoms with Crippen LogP contribution in [0.4, 0.5) is 11.4 Å². The molecule has 3 N–H and O–H groups in total. The van der Waals surface area contributed by atoms with Gasteiger partial charge in [0.05, 0.1) is 27.9 Å². The highest BCUT2D eigenvalue weighted by atomic mass is 35.5. The first-order valence-electron chi connectivity index (χ1n) is 6.16. The summed E-state index contributed by atoms with van der Waals surface area (Å²) in [6.07, 6.45) is 3.66. The number of anilines is 2. The van der Waals surface area contributed by atoms with Gasteiger partial charge in [-0.2, -0.15) is 0 Å². The molecular weight excluding hydrogens is 271 g/mol. The van der Waals surface area contributed by atoms with E-state index in [-0.39, 0.29) is 12.1 Å². The lowest BCUT2D eigenvalue weighted by atomic mass is 9.91. The van der Waals surface area contributed by atoms with Gasteiger partial charge in [-0.25, -0.2) is 0 Å². The number of likely N-dealkylation sites (N-methyl/N-ethyl adjacent to an activating group) is 1. The van der Waals surface area contributed by atoms with Gasteiger partial charge < -0.3 is 15.7 Å². The molecule has 0 aliphatic heterocycles. The predicted molar refractivity (Wildman–Crippen MR) is 77.5 cm³/mol. The van der Waals surface area contributed by atoms with Gasteiger partial charge >= 0.3 is 0 Å². The van der Waals surface area contributed by atoms with Crippen LogP contribution in [0.3, 0.4) is 0 Å². The molecule has 0 radical (unpaired) electrons. The van der Waals surface area contributed by atoms with Crippen molar-refractivity contribution in [3.63, 3.8) is 0 Å². The second-order valence-corrected chi connectivity index (χ2v) is 5.68. The highest BCUT2D eigenvalue weighted by molar-refractivity contribution is 6.39. The molecule has 2 unspecified atom stereocenters. The molecule has 1 aliphatic rings. The number of nitrogens with two attached hydrogens (primary N) is 1. The minimum Gasteiger partial charge on any atom is -0.399 e. The molecule has 0 spiro atoms. The van der Waals surface area contributed by atoms with Crippen molar-refractivity contribution in [1.29, 1.82) is 0 Å². The number of nitrogens with zero attached hydrogens (tertiary/aromatic N) is 1. The number of benzene rings is 1. The van der Waals surface area contributed by atoms with Gasteiger partial charge in [-0.1, -0.05) is 36.0 Å². The molecule has 1 aromatic rings. The quantitative estimate of drug-likeness (QED) is 0.821. The van der Waals surface area contributed by atoms with Crippen LogP contribution in [0.2, 0.25) is 10.0 Å². The first kappa shape index (κ1) is 13.8. The molecule has 18 heavy (non-hydrogen) atoms. The smallest absolute Gasteiger partial charge is 0.0747 e. The van der Waals surface area contributed by atoms with Crippen molar-refractivity contribution in [3.8, 4) is 0 Å². The van der Waals surface area contributed by atoms with Crippen molar-refractivity contribution in [2.24, 2.45) is 0 Å². The lowest BCUT2D eigenvalue weighted by molar-refractivity contribution is 0.106. The Balaban J connectivity index is 2.30. The highest BCUT2D eigenvalue weighted by Crippen LogP contribution is 2.38. The Bertz CT molecular complexity index is 416. The summed E-state index contributed by atoms with van der Waals surface area (Å²) in [4.78, 5) is 1.98. The van der Waals surface area contributed by atoms with E-state index in [2.05, 4.69) is 0 Å². The molecule has 5 heteroatoms. The van der Waals surface area contributed by atoms with Gasteiger partial charge in [-0.15, -0.1) is 0 Å². The summed E-state index contributed by atoms with van der Waals surface area (Å²) >= 11 is 12.4. The Morgan fingerprint density at radius 2 is 1.78 bits per heavy atom. The summed E-state index contributed by atoms with van der Waals surface area (Å²) in [5, 5.41) is 11.1. The van der Waals surface area contributed by atoms with E-state index in [1.54, 1.807) is 12.1 Å². The molecule has 1 aromatic carbocycles. The van der Waals surface area contributed by atoms with E-state index in [0.717, 1.165) is 31.4 Å². The Hall–Kier alpha value is -0.640. The van der Waals surface area contributed by atoms with Crippen LogP contribution in [0.15, 0.2) is 12.1 Å². The van der Waals surface area contributed by atoms with Crippen LogP contribution in [0.5, 0.6) is 0 Å². The van der Waals surface area contributed by atoms with Crippen LogP contribution in [-0.2, 0) is 0 Å². The standard InChI is InChI=1S/C13H18Cl2N2O/c1-17(11-4-2-3-5-12(11)18)13-9(14)6-8(16)7-10(13)15/h6-7,11-12,18H,2-5,16H2,1H3. The van der Waals surface area contributed by atoms with Gasteiger partial charge in [0.25, 0.3) is 0 Å². The van der Waals surface area contributed by atoms with E-state index in [0.29, 0.717) is 15.7 Å². The van der Waals surface area contributed by atoms with Crippen molar-refractivity contribution < 1.29 is 5.11 Å². The zero-order valence-corrected chi connectivity index (χ0v) is 11.9. The summed E-state index contributed by atoms with van der Waals surface area (Å²) in [7, 11) is 1.92. The van der Waals surface area contributed by atoms with Crippen LogP contribution in [0, 0.1) is 0 Å². The number of hydrogen-bond acceptors (Lipinski definition) is 3. The summed E-state index contributed by atoms with van der Waals surface area (Å²) in [6, 6.07) is 3.44. The van der Waals surface area contributed by atoms with E-state index >= 15 is 0 Å². The molecule has 2 atom stereocenters. The van der Waals surface area contributed by atoms with E-state index in [1.807, 2.05) is 11.9 Å². The molecule has 1 saturated carbocycles. The third kappa shape index (κ3) is 2.68. The van der Waals surface area contributed by atoms with Gasteiger partial charge in [-0.3, -0.25) is 0 Å². The van der Waals surface area contributed by atoms with Crippen LogP contribution in [-0.4, -0.2) is 24.3 Å². The number of aliphatic hydroxyl groups is 1. The molecule has 0 saturated heterocycles. The Labute approximate surface area is 117 Å². The lowest BCUT2D eigenvalue weighted by Crippen LogP contribution is -2.43. The van der Waals surface area contributed by atoms with E-state index in [4.69, 9.17) is 28.9 Å². The maximum absolute atomic E-state index is 10.1. The SMILES string of the molecule is CN(c1c(Cl)cc(N)cc1Cl)C1CCCCC1O. The van der Waals surface area contributed by atoms with Gasteiger partial charge in [0, 0.05) is 12.7 Å². The number of halogens is 2. The van der Waals surface area contributed by atoms with Crippen LogP contribution in [0.1, 0.15) is 25.7 Å². The summed E-state index contributed by atoms with van der Waals surface area (Å²) in [6.45, 7) is 0. The number of hydrogen-bond donors (Lipinski definition) is 2. The molecule has 3 nitrogen and oxygen atoms in total. The summed E-state index contributed by atoms with van der Waals surface area (Å²) in [5.74, 6) is 0. The van der Waals surface area contributed by atoms with Crippen LogP contribution >= 0.6 is 23.2 Å². The molecular formula is C13H18Cl2N2O. The first-order valence-corrected chi connectivity index (χ1v) is 6.91. The Kier molecular flexibility index (Phi) is 4.25. The maximum Gasteiger partial charge on any atom is 0.0747 e. The third-order valence-corrected chi connectivity index (χ3v) is 4.16. The fourth-order valence-corrected chi connectivity index (χ4v) is 3.40. The average Bonchev–Trinajstić information content (AvgIpc) is 2.27. The van der Waals surface area contributed by atoms with Crippen LogP contribution in [0.25, 0.3) is 0 Å². The molecule has 2 rings (SSSR count). The van der Waals surface area contributed by atoms with Gasteiger partial charge in [0.15, 0.2) is 0 Å². The van der Waals surface area contributed by atoms with Crippen molar-refractivity contribution in [1.82, 2.24) is 0 Å². The fourth-order valence-electron chi connectivity index (χ4n) is 2.63. The fraction of sp³-hybridized carbons (Fsp3) is 0.538. The zero-order valence-electron chi connectivity index (χ0n) is 10.4. The van der Waals surface area contributed by atoms with Gasteiger partial charge in [-0.05, 0) is 25.0 Å². The molecule has 0 amide bonds. The maximum atomic E-state index is 10.1. The monoisotopic (exact) mass is 288 g/mol. The number of aliphatic hydroxyl groups excluding tert-OH is 1. The molecule has 0 heterocycles. The third-order valence-electron chi connectivity index (χ3n) is 3.58. The minimum absolute atomic E-state index is 0.0670. The highest BCUT2D eigenvalue weighted by Gasteiger charge is 2.28. The molecule has 100 valence electrons. The van der Waals surface area contributed by atoms with Crippen LogP contribution < -0.4 is 10.6 Å². The first-order chi connectivity index (χ1) is 8.50. The van der Waals surface area contributed by atoms with Crippen molar-refractivity contribution >= 4 is 34.6 Å². The van der Waals surface area contributed by atoms with Crippen molar-refractivity contribution in [3.05, 3.63) is 22.2 Å². The van der Waals surface area contributed by atoms with E-state index in [9.17, 15) is 5.11 Å². The van der Waals surface area contributed by atoms with Gasteiger partial charge in [0.1, 0.15) is 0 Å². The largest absolute Gasteiger partial charge is 0.399 e. The predicted octanol–water partition coefficient (Wildman–Crippen LogP) is 3.32. The molecule has 1 fully saturated rings. The molecule has 1 aliphatic carbocycles. The summed E-state index contributed by atoms with van der Waals surface area (Å²) < 4.78 is 0. The Morgan fingerprint density at radius 1 is 1.22 bits per heavy atom. The van der Waals surface area contributed by atoms with Crippen molar-refractivity contribution in [2.45, 2.75) is 37.8 Å². The van der Waals surface area contributed by atoms with Gasteiger partial charge in [0.2, 0.25) is 0 Å². The lowest BCUT2D eigenvalue weighted by Gasteiger charge is -2.37. The molecule has 0 aromatic heterocycles. The topological polar surface area (TPSA) is 49.5 Å². The number of nitrogen functional groups attached to an aromatic ring is 1. The van der Waals surface area contributed by atoms with E-state index in [1.165, 1.54) is 0 Å². The average molecular weight is 289 g/mol. The Morgan fingerprint density at radius 3 is 2.33 bits per heavy atom. The summed E-state index contributed by atoms with van der Waals surface area (Å²) in [5.41, 5.74) is 6.99. The second kappa shape index (κ2) is 5.55.